The first-order valence-corrected chi connectivity index (χ1v) is 7.12. The van der Waals surface area contributed by atoms with Crippen LogP contribution in [0.4, 0.5) is 0 Å². The maximum absolute atomic E-state index is 7.57. The van der Waals surface area contributed by atoms with E-state index in [9.17, 15) is 0 Å². The van der Waals surface area contributed by atoms with E-state index >= 15 is 0 Å². The molecule has 3 N–H and O–H groups in total. The Morgan fingerprint density at radius 3 is 2.30 bits per heavy atom. The fraction of sp³-hybridized carbons (Fsp3) is 0.588. The summed E-state index contributed by atoms with van der Waals surface area (Å²) >= 11 is 0. The van der Waals surface area contributed by atoms with Crippen molar-refractivity contribution >= 4 is 5.84 Å². The van der Waals surface area contributed by atoms with E-state index in [1.807, 2.05) is 19.9 Å². The smallest absolute Gasteiger partial charge is 0.123 e. The Morgan fingerprint density at radius 1 is 1.20 bits per heavy atom. The van der Waals surface area contributed by atoms with Gasteiger partial charge < -0.3 is 10.5 Å². The van der Waals surface area contributed by atoms with Gasteiger partial charge in [-0.3, -0.25) is 5.41 Å². The zero-order valence-corrected chi connectivity index (χ0v) is 13.6. The van der Waals surface area contributed by atoms with Crippen LogP contribution in [0, 0.1) is 17.7 Å². The molecule has 0 unspecified atom stereocenters. The largest absolute Gasteiger partial charge is 0.493 e. The Morgan fingerprint density at radius 2 is 1.80 bits per heavy atom. The Balaban J connectivity index is 2.82. The van der Waals surface area contributed by atoms with E-state index in [2.05, 4.69) is 39.8 Å². The third-order valence-corrected chi connectivity index (χ3v) is 3.66. The third kappa shape index (κ3) is 4.26. The summed E-state index contributed by atoms with van der Waals surface area (Å²) < 4.78 is 5.95. The average Bonchev–Trinajstić information content (AvgIpc) is 2.29. The number of benzene rings is 1. The monoisotopic (exact) mass is 276 g/mol. The third-order valence-electron chi connectivity index (χ3n) is 3.66. The first-order valence-electron chi connectivity index (χ1n) is 7.12. The second-order valence-corrected chi connectivity index (χ2v) is 7.15. The highest BCUT2D eigenvalue weighted by Crippen LogP contribution is 2.32. The van der Waals surface area contributed by atoms with Crippen molar-refractivity contribution in [2.45, 2.75) is 53.4 Å². The van der Waals surface area contributed by atoms with E-state index < -0.39 is 0 Å². The molecule has 20 heavy (non-hydrogen) atoms. The van der Waals surface area contributed by atoms with Crippen LogP contribution in [-0.2, 0) is 5.41 Å². The Hall–Kier alpha value is -1.51. The molecule has 0 radical (unpaired) electrons. The van der Waals surface area contributed by atoms with E-state index in [1.165, 1.54) is 11.1 Å². The van der Waals surface area contributed by atoms with Gasteiger partial charge in [-0.25, -0.2) is 0 Å². The van der Waals surface area contributed by atoms with Crippen LogP contribution in [0.2, 0.25) is 0 Å². The number of amidine groups is 1. The van der Waals surface area contributed by atoms with Gasteiger partial charge in [0.15, 0.2) is 0 Å². The number of ether oxygens (including phenoxy) is 1. The van der Waals surface area contributed by atoms with Crippen LogP contribution in [0.1, 0.15) is 52.2 Å². The van der Waals surface area contributed by atoms with Gasteiger partial charge in [0, 0.05) is 5.41 Å². The molecule has 112 valence electrons. The summed E-state index contributed by atoms with van der Waals surface area (Å²) in [4.78, 5) is 0. The summed E-state index contributed by atoms with van der Waals surface area (Å²) in [6.45, 7) is 13.2. The number of rotatable bonds is 5. The van der Waals surface area contributed by atoms with Crippen LogP contribution in [0.15, 0.2) is 18.2 Å². The van der Waals surface area contributed by atoms with Crippen LogP contribution in [0.25, 0.3) is 0 Å². The van der Waals surface area contributed by atoms with Gasteiger partial charge in [0.1, 0.15) is 5.75 Å². The minimum Gasteiger partial charge on any atom is -0.493 e. The molecule has 0 saturated heterocycles. The molecule has 0 atom stereocenters. The normalized spacial score (nSPS) is 12.3. The van der Waals surface area contributed by atoms with Crippen molar-refractivity contribution < 1.29 is 4.74 Å². The van der Waals surface area contributed by atoms with E-state index in [1.54, 1.807) is 0 Å². The van der Waals surface area contributed by atoms with Crippen molar-refractivity contribution in [2.75, 3.05) is 6.61 Å². The van der Waals surface area contributed by atoms with E-state index in [0.717, 1.165) is 12.2 Å². The molecule has 1 rings (SSSR count). The topological polar surface area (TPSA) is 59.1 Å². The summed E-state index contributed by atoms with van der Waals surface area (Å²) in [6.07, 6.45) is 0.736. The second kappa shape index (κ2) is 5.86. The van der Waals surface area contributed by atoms with Gasteiger partial charge >= 0.3 is 0 Å². The molecule has 0 spiro atoms. The number of nitrogens with two attached hydrogens (primary N) is 1. The summed E-state index contributed by atoms with van der Waals surface area (Å²) in [5, 5.41) is 7.57. The second-order valence-electron chi connectivity index (χ2n) is 7.15. The number of aryl methyl sites for hydroxylation is 1. The average molecular weight is 276 g/mol. The maximum atomic E-state index is 7.57. The van der Waals surface area contributed by atoms with Crippen molar-refractivity contribution in [1.29, 1.82) is 5.41 Å². The lowest BCUT2D eigenvalue weighted by atomic mass is 9.85. The fourth-order valence-electron chi connectivity index (χ4n) is 1.91. The molecule has 0 aliphatic heterocycles. The first kappa shape index (κ1) is 16.5. The zero-order chi connectivity index (χ0) is 15.6. The van der Waals surface area contributed by atoms with Crippen LogP contribution >= 0.6 is 0 Å². The first-order chi connectivity index (χ1) is 9.04. The SMILES string of the molecule is Cc1ccc(OCCC(C)(C)C(=N)N)c(C(C)(C)C)c1. The van der Waals surface area contributed by atoms with Crippen molar-refractivity contribution in [2.24, 2.45) is 11.1 Å². The standard InChI is InChI=1S/C17H28N2O/c1-12-7-8-14(13(11-12)16(2,3)4)20-10-9-17(5,6)15(18)19/h7-8,11H,9-10H2,1-6H3,(H3,18,19). The predicted octanol–water partition coefficient (Wildman–Crippen LogP) is 4.02. The summed E-state index contributed by atoms with van der Waals surface area (Å²) in [5.74, 6) is 1.14. The van der Waals surface area contributed by atoms with Gasteiger partial charge in [0.25, 0.3) is 0 Å². The molecular formula is C17H28N2O. The fourth-order valence-corrected chi connectivity index (χ4v) is 1.91. The Bertz CT molecular complexity index is 484. The minimum atomic E-state index is -0.313. The quantitative estimate of drug-likeness (QED) is 0.630. The van der Waals surface area contributed by atoms with Crippen LogP contribution in [0.5, 0.6) is 5.75 Å². The van der Waals surface area contributed by atoms with E-state index in [4.69, 9.17) is 15.9 Å². The molecule has 0 aliphatic rings. The minimum absolute atomic E-state index is 0.0530. The van der Waals surface area contributed by atoms with Gasteiger partial charge in [0.2, 0.25) is 0 Å². The van der Waals surface area contributed by atoms with Crippen LogP contribution in [0.3, 0.4) is 0 Å². The van der Waals surface area contributed by atoms with Crippen LogP contribution < -0.4 is 10.5 Å². The predicted molar refractivity (Wildman–Crippen MR) is 85.7 cm³/mol. The lowest BCUT2D eigenvalue weighted by Crippen LogP contribution is -2.32. The Kier molecular flexibility index (Phi) is 4.85. The number of hydrogen-bond donors (Lipinski definition) is 2. The summed E-state index contributed by atoms with van der Waals surface area (Å²) in [7, 11) is 0. The molecule has 0 aromatic heterocycles. The highest BCUT2D eigenvalue weighted by atomic mass is 16.5. The summed E-state index contributed by atoms with van der Waals surface area (Å²) in [5.41, 5.74) is 7.80. The van der Waals surface area contributed by atoms with E-state index in [-0.39, 0.29) is 16.7 Å². The van der Waals surface area contributed by atoms with Gasteiger partial charge in [-0.05, 0) is 30.4 Å². The molecular weight excluding hydrogens is 248 g/mol. The maximum Gasteiger partial charge on any atom is 0.123 e. The highest BCUT2D eigenvalue weighted by molar-refractivity contribution is 5.82. The molecule has 0 heterocycles. The van der Waals surface area contributed by atoms with Crippen molar-refractivity contribution in [3.05, 3.63) is 29.3 Å². The highest BCUT2D eigenvalue weighted by Gasteiger charge is 2.23. The summed E-state index contributed by atoms with van der Waals surface area (Å²) in [6, 6.07) is 6.29. The van der Waals surface area contributed by atoms with Gasteiger partial charge in [-0.15, -0.1) is 0 Å². The molecule has 0 bridgehead atoms. The molecule has 1 aromatic carbocycles. The Labute approximate surface area is 123 Å². The zero-order valence-electron chi connectivity index (χ0n) is 13.6. The molecule has 1 aromatic rings. The van der Waals surface area contributed by atoms with Gasteiger partial charge in [0.05, 0.1) is 12.4 Å². The molecule has 0 aliphatic carbocycles. The lowest BCUT2D eigenvalue weighted by molar-refractivity contribution is 0.263. The molecule has 3 heteroatoms. The van der Waals surface area contributed by atoms with Gasteiger partial charge in [-0.1, -0.05) is 52.3 Å². The van der Waals surface area contributed by atoms with Gasteiger partial charge in [-0.2, -0.15) is 0 Å². The molecule has 0 amide bonds. The van der Waals surface area contributed by atoms with E-state index in [0.29, 0.717) is 6.61 Å². The molecule has 0 fully saturated rings. The van der Waals surface area contributed by atoms with Crippen molar-refractivity contribution in [1.82, 2.24) is 0 Å². The number of nitrogens with one attached hydrogen (secondary N) is 1. The van der Waals surface area contributed by atoms with Crippen molar-refractivity contribution in [3.8, 4) is 5.75 Å². The molecule has 0 saturated carbocycles. The van der Waals surface area contributed by atoms with Crippen LogP contribution in [-0.4, -0.2) is 12.4 Å². The van der Waals surface area contributed by atoms with Crippen molar-refractivity contribution in [3.63, 3.8) is 0 Å². The molecule has 3 nitrogen and oxygen atoms in total. The number of hydrogen-bond acceptors (Lipinski definition) is 2. The lowest BCUT2D eigenvalue weighted by Gasteiger charge is -2.26.